The number of hydrogen-bond donors (Lipinski definition) is 1. The van der Waals surface area contributed by atoms with Gasteiger partial charge in [0.1, 0.15) is 5.82 Å². The third-order valence-corrected chi connectivity index (χ3v) is 2.82. The van der Waals surface area contributed by atoms with Crippen molar-refractivity contribution in [3.05, 3.63) is 23.8 Å². The minimum absolute atomic E-state index is 0.127. The molecule has 0 saturated heterocycles. The molecular weight excluding hydrogens is 240 g/mol. The summed E-state index contributed by atoms with van der Waals surface area (Å²) in [6.07, 6.45) is 2.72. The smallest absolute Gasteiger partial charge is 0.338 e. The molecule has 0 aromatic carbocycles. The van der Waals surface area contributed by atoms with Crippen molar-refractivity contribution in [3.8, 4) is 5.13 Å². The van der Waals surface area contributed by atoms with E-state index in [1.54, 1.807) is 0 Å². The number of aromatic nitrogens is 4. The minimum Gasteiger partial charge on any atom is -0.478 e. The molecule has 17 heavy (non-hydrogen) atoms. The highest BCUT2D eigenvalue weighted by molar-refractivity contribution is 7.08. The zero-order chi connectivity index (χ0) is 12.6. The maximum atomic E-state index is 10.7. The predicted molar refractivity (Wildman–Crippen MR) is 62.7 cm³/mol. The Morgan fingerprint density at radius 3 is 2.65 bits per heavy atom. The van der Waals surface area contributed by atoms with Crippen LogP contribution in [0, 0.1) is 0 Å². The molecule has 1 N–H and O–H groups in total. The molecule has 0 unspecified atom stereocenters. The second-order valence-electron chi connectivity index (χ2n) is 4.63. The lowest BCUT2D eigenvalue weighted by molar-refractivity contribution is 0.0697. The average molecular weight is 252 g/mol. The molecule has 0 spiro atoms. The standard InChI is InChI=1S/C10H12N4O2S/c1-10(2,3)8-12-9(17-13-8)14-5-6(4-11-14)7(15)16/h4-5H,1-3H3,(H,15,16). The molecule has 2 aromatic rings. The van der Waals surface area contributed by atoms with Crippen molar-refractivity contribution in [3.63, 3.8) is 0 Å². The highest BCUT2D eigenvalue weighted by Gasteiger charge is 2.20. The van der Waals surface area contributed by atoms with E-state index in [1.165, 1.54) is 28.6 Å². The van der Waals surface area contributed by atoms with Crippen LogP contribution >= 0.6 is 11.5 Å². The lowest BCUT2D eigenvalue weighted by Gasteiger charge is -2.11. The Hall–Kier alpha value is -1.76. The summed E-state index contributed by atoms with van der Waals surface area (Å²) >= 11 is 1.20. The van der Waals surface area contributed by atoms with Crippen molar-refractivity contribution in [2.75, 3.05) is 0 Å². The molecule has 0 bridgehead atoms. The first-order valence-electron chi connectivity index (χ1n) is 5.00. The van der Waals surface area contributed by atoms with E-state index in [4.69, 9.17) is 5.11 Å². The van der Waals surface area contributed by atoms with Crippen molar-refractivity contribution in [2.45, 2.75) is 26.2 Å². The van der Waals surface area contributed by atoms with Crippen LogP contribution in [0.1, 0.15) is 37.0 Å². The maximum Gasteiger partial charge on any atom is 0.338 e. The molecule has 0 aliphatic heterocycles. The van der Waals surface area contributed by atoms with Crippen molar-refractivity contribution in [1.82, 2.24) is 19.1 Å². The van der Waals surface area contributed by atoms with Gasteiger partial charge in [-0.05, 0) is 0 Å². The van der Waals surface area contributed by atoms with Crippen LogP contribution in [0.25, 0.3) is 5.13 Å². The van der Waals surface area contributed by atoms with E-state index in [1.807, 2.05) is 20.8 Å². The topological polar surface area (TPSA) is 80.9 Å². The van der Waals surface area contributed by atoms with Gasteiger partial charge in [-0.2, -0.15) is 9.47 Å². The zero-order valence-corrected chi connectivity index (χ0v) is 10.5. The summed E-state index contributed by atoms with van der Waals surface area (Å²) < 4.78 is 5.67. The van der Waals surface area contributed by atoms with Gasteiger partial charge < -0.3 is 5.11 Å². The van der Waals surface area contributed by atoms with Gasteiger partial charge in [-0.1, -0.05) is 20.8 Å². The van der Waals surface area contributed by atoms with E-state index in [9.17, 15) is 4.79 Å². The Morgan fingerprint density at radius 2 is 2.18 bits per heavy atom. The molecule has 0 radical (unpaired) electrons. The van der Waals surface area contributed by atoms with E-state index in [-0.39, 0.29) is 11.0 Å². The van der Waals surface area contributed by atoms with Crippen LogP contribution in [0.5, 0.6) is 0 Å². The number of aromatic carboxylic acids is 1. The van der Waals surface area contributed by atoms with Crippen LogP contribution in [-0.4, -0.2) is 30.2 Å². The van der Waals surface area contributed by atoms with E-state index in [0.717, 1.165) is 5.82 Å². The molecule has 0 aliphatic carbocycles. The first-order valence-corrected chi connectivity index (χ1v) is 5.78. The first kappa shape index (κ1) is 11.7. The Morgan fingerprint density at radius 1 is 1.47 bits per heavy atom. The number of carbonyl (C=O) groups is 1. The summed E-state index contributed by atoms with van der Waals surface area (Å²) in [7, 11) is 0. The van der Waals surface area contributed by atoms with Gasteiger partial charge in [-0.15, -0.1) is 0 Å². The zero-order valence-electron chi connectivity index (χ0n) is 9.71. The summed E-state index contributed by atoms with van der Waals surface area (Å²) in [5, 5.41) is 13.3. The summed E-state index contributed by atoms with van der Waals surface area (Å²) in [5.41, 5.74) is 0.00913. The van der Waals surface area contributed by atoms with Gasteiger partial charge in [0.05, 0.1) is 11.8 Å². The van der Waals surface area contributed by atoms with Gasteiger partial charge >= 0.3 is 5.97 Å². The lowest BCUT2D eigenvalue weighted by atomic mass is 9.96. The molecule has 90 valence electrons. The second-order valence-corrected chi connectivity index (χ2v) is 5.36. The molecule has 0 fully saturated rings. The Bertz CT molecular complexity index is 553. The van der Waals surface area contributed by atoms with Gasteiger partial charge in [0.15, 0.2) is 0 Å². The molecule has 2 aromatic heterocycles. The molecule has 2 heterocycles. The van der Waals surface area contributed by atoms with Gasteiger partial charge in [0.25, 0.3) is 0 Å². The van der Waals surface area contributed by atoms with E-state index < -0.39 is 5.97 Å². The second kappa shape index (κ2) is 3.92. The maximum absolute atomic E-state index is 10.7. The third-order valence-electron chi connectivity index (χ3n) is 2.11. The first-order chi connectivity index (χ1) is 7.88. The summed E-state index contributed by atoms with van der Waals surface area (Å²) in [4.78, 5) is 15.1. The molecular formula is C10H12N4O2S. The van der Waals surface area contributed by atoms with Gasteiger partial charge in [-0.3, -0.25) is 0 Å². The largest absolute Gasteiger partial charge is 0.478 e. The Labute approximate surface area is 102 Å². The summed E-state index contributed by atoms with van der Waals surface area (Å²) in [6, 6.07) is 0. The van der Waals surface area contributed by atoms with Crippen molar-refractivity contribution >= 4 is 17.5 Å². The monoisotopic (exact) mass is 252 g/mol. The Kier molecular flexibility index (Phi) is 2.70. The fourth-order valence-electron chi connectivity index (χ4n) is 1.15. The molecule has 6 nitrogen and oxygen atoms in total. The molecule has 0 amide bonds. The fraction of sp³-hybridized carbons (Fsp3) is 0.400. The average Bonchev–Trinajstić information content (AvgIpc) is 2.85. The number of nitrogens with zero attached hydrogens (tertiary/aromatic N) is 4. The van der Waals surface area contributed by atoms with Gasteiger partial charge in [0.2, 0.25) is 5.13 Å². The van der Waals surface area contributed by atoms with E-state index in [2.05, 4.69) is 14.5 Å². The van der Waals surface area contributed by atoms with Crippen LogP contribution < -0.4 is 0 Å². The molecule has 0 aliphatic rings. The molecule has 0 atom stereocenters. The van der Waals surface area contributed by atoms with Crippen LogP contribution in [-0.2, 0) is 5.41 Å². The Balaban J connectivity index is 2.34. The number of carboxylic acids is 1. The molecule has 2 rings (SSSR count). The third kappa shape index (κ3) is 2.33. The predicted octanol–water partition coefficient (Wildman–Crippen LogP) is 1.72. The van der Waals surface area contributed by atoms with E-state index >= 15 is 0 Å². The normalized spacial score (nSPS) is 11.7. The van der Waals surface area contributed by atoms with Gasteiger partial charge in [-0.25, -0.2) is 14.5 Å². The van der Waals surface area contributed by atoms with Crippen molar-refractivity contribution in [2.24, 2.45) is 0 Å². The van der Waals surface area contributed by atoms with Crippen LogP contribution in [0.15, 0.2) is 12.4 Å². The van der Waals surface area contributed by atoms with Crippen molar-refractivity contribution < 1.29 is 9.90 Å². The van der Waals surface area contributed by atoms with Gasteiger partial charge in [0, 0.05) is 23.1 Å². The number of carboxylic acid groups (broad SMARTS) is 1. The fourth-order valence-corrected chi connectivity index (χ4v) is 1.94. The highest BCUT2D eigenvalue weighted by Crippen LogP contribution is 2.22. The number of rotatable bonds is 2. The highest BCUT2D eigenvalue weighted by atomic mass is 32.1. The van der Waals surface area contributed by atoms with Crippen LogP contribution in [0.2, 0.25) is 0 Å². The lowest BCUT2D eigenvalue weighted by Crippen LogP contribution is -2.13. The number of hydrogen-bond acceptors (Lipinski definition) is 5. The van der Waals surface area contributed by atoms with Crippen LogP contribution in [0.4, 0.5) is 0 Å². The summed E-state index contributed by atoms with van der Waals surface area (Å²) in [6.45, 7) is 6.06. The molecule has 7 heteroatoms. The summed E-state index contributed by atoms with van der Waals surface area (Å²) in [5.74, 6) is -0.276. The minimum atomic E-state index is -1.00. The van der Waals surface area contributed by atoms with Crippen LogP contribution in [0.3, 0.4) is 0 Å². The molecule has 0 saturated carbocycles. The quantitative estimate of drug-likeness (QED) is 0.880. The van der Waals surface area contributed by atoms with Crippen molar-refractivity contribution in [1.29, 1.82) is 0 Å². The van der Waals surface area contributed by atoms with E-state index in [0.29, 0.717) is 5.13 Å². The SMILES string of the molecule is CC(C)(C)c1nsc(-n2cc(C(=O)O)cn2)n1.